The van der Waals surface area contributed by atoms with Crippen LogP contribution < -0.4 is 24.4 Å². The van der Waals surface area contributed by atoms with Crippen molar-refractivity contribution in [2.24, 2.45) is 0 Å². The fourth-order valence-corrected chi connectivity index (χ4v) is 4.05. The van der Waals surface area contributed by atoms with Gasteiger partial charge in [0.2, 0.25) is 5.91 Å². The third-order valence-electron chi connectivity index (χ3n) is 5.09. The number of amides is 2. The second-order valence-corrected chi connectivity index (χ2v) is 8.60. The third kappa shape index (κ3) is 4.99. The van der Waals surface area contributed by atoms with E-state index >= 15 is 0 Å². The second kappa shape index (κ2) is 9.95. The number of nitrogens with zero attached hydrogens (tertiary/aromatic N) is 1. The zero-order valence-electron chi connectivity index (χ0n) is 18.6. The van der Waals surface area contributed by atoms with Gasteiger partial charge in [0, 0.05) is 24.4 Å². The standard InChI is InChI=1S/C23H26N2O6S/c1-13-23(28)25(3)17-10-15(6-8-18(17)31-13)22(27)14(2)32-12-21(26)24-16-7-9-19(29-4)20(11-16)30-5/h6-11,13-14H,12H2,1-5H3,(H,24,26). The summed E-state index contributed by atoms with van der Waals surface area (Å²) in [6, 6.07) is 10.1. The van der Waals surface area contributed by atoms with Crippen molar-refractivity contribution in [1.82, 2.24) is 0 Å². The fourth-order valence-electron chi connectivity index (χ4n) is 3.29. The summed E-state index contributed by atoms with van der Waals surface area (Å²) in [7, 11) is 4.72. The van der Waals surface area contributed by atoms with Gasteiger partial charge in [-0.15, -0.1) is 11.8 Å². The number of carbonyl (C=O) groups is 3. The van der Waals surface area contributed by atoms with E-state index in [0.29, 0.717) is 34.2 Å². The normalized spacial score (nSPS) is 16.0. The molecule has 1 heterocycles. The summed E-state index contributed by atoms with van der Waals surface area (Å²) in [6.45, 7) is 3.44. The quantitative estimate of drug-likeness (QED) is 0.606. The second-order valence-electron chi connectivity index (χ2n) is 7.28. The number of carbonyl (C=O) groups excluding carboxylic acids is 3. The van der Waals surface area contributed by atoms with E-state index in [-0.39, 0.29) is 23.4 Å². The fraction of sp³-hybridized carbons (Fsp3) is 0.348. The molecule has 1 N–H and O–H groups in total. The molecule has 3 rings (SSSR count). The number of benzene rings is 2. The largest absolute Gasteiger partial charge is 0.493 e. The average molecular weight is 459 g/mol. The van der Waals surface area contributed by atoms with E-state index in [1.165, 1.54) is 30.9 Å². The summed E-state index contributed by atoms with van der Waals surface area (Å²) >= 11 is 1.23. The van der Waals surface area contributed by atoms with Crippen molar-refractivity contribution in [3.05, 3.63) is 42.0 Å². The molecule has 0 spiro atoms. The molecule has 0 radical (unpaired) electrons. The number of methoxy groups -OCH3 is 2. The zero-order chi connectivity index (χ0) is 23.4. The van der Waals surface area contributed by atoms with Crippen molar-refractivity contribution in [1.29, 1.82) is 0 Å². The van der Waals surface area contributed by atoms with Crippen molar-refractivity contribution < 1.29 is 28.6 Å². The lowest BCUT2D eigenvalue weighted by atomic mass is 10.1. The van der Waals surface area contributed by atoms with Gasteiger partial charge in [-0.05, 0) is 44.2 Å². The number of Topliss-reactive ketones (excluding diaryl/α,β-unsaturated/α-hetero) is 1. The molecule has 1 aliphatic heterocycles. The van der Waals surface area contributed by atoms with Crippen LogP contribution in [0.15, 0.2) is 36.4 Å². The van der Waals surface area contributed by atoms with Crippen LogP contribution in [0.1, 0.15) is 24.2 Å². The first-order chi connectivity index (χ1) is 15.2. The van der Waals surface area contributed by atoms with Crippen molar-refractivity contribution in [2.45, 2.75) is 25.2 Å². The number of hydrogen-bond acceptors (Lipinski definition) is 7. The van der Waals surface area contributed by atoms with Crippen molar-refractivity contribution in [2.75, 3.05) is 37.2 Å². The van der Waals surface area contributed by atoms with Crippen molar-refractivity contribution in [3.8, 4) is 17.2 Å². The molecule has 2 aromatic carbocycles. The number of ketones is 1. The number of fused-ring (bicyclic) bond motifs is 1. The highest BCUT2D eigenvalue weighted by atomic mass is 32.2. The van der Waals surface area contributed by atoms with Gasteiger partial charge in [0.05, 0.1) is 30.9 Å². The zero-order valence-corrected chi connectivity index (χ0v) is 19.4. The smallest absolute Gasteiger partial charge is 0.267 e. The lowest BCUT2D eigenvalue weighted by molar-refractivity contribution is -0.125. The predicted octanol–water partition coefficient (Wildman–Crippen LogP) is 3.39. The van der Waals surface area contributed by atoms with Crippen LogP contribution in [0.25, 0.3) is 0 Å². The maximum Gasteiger partial charge on any atom is 0.267 e. The van der Waals surface area contributed by atoms with E-state index in [4.69, 9.17) is 14.2 Å². The van der Waals surface area contributed by atoms with Crippen LogP contribution in [0.4, 0.5) is 11.4 Å². The molecule has 170 valence electrons. The Kier molecular flexibility index (Phi) is 7.29. The Balaban J connectivity index is 1.60. The van der Waals surface area contributed by atoms with Gasteiger partial charge in [-0.3, -0.25) is 14.4 Å². The van der Waals surface area contributed by atoms with Crippen LogP contribution in [0.2, 0.25) is 0 Å². The number of ether oxygens (including phenoxy) is 3. The van der Waals surface area contributed by atoms with E-state index in [1.54, 1.807) is 57.3 Å². The van der Waals surface area contributed by atoms with Crippen molar-refractivity contribution >= 4 is 40.7 Å². The molecule has 8 nitrogen and oxygen atoms in total. The number of anilines is 2. The van der Waals surface area contributed by atoms with Gasteiger partial charge in [-0.25, -0.2) is 0 Å². The average Bonchev–Trinajstić information content (AvgIpc) is 2.80. The minimum Gasteiger partial charge on any atom is -0.493 e. The highest BCUT2D eigenvalue weighted by Gasteiger charge is 2.30. The molecule has 2 atom stereocenters. The van der Waals surface area contributed by atoms with Gasteiger partial charge in [0.25, 0.3) is 5.91 Å². The van der Waals surface area contributed by atoms with Crippen molar-refractivity contribution in [3.63, 3.8) is 0 Å². The van der Waals surface area contributed by atoms with Gasteiger partial charge >= 0.3 is 0 Å². The van der Waals surface area contributed by atoms with Crippen LogP contribution in [-0.2, 0) is 9.59 Å². The summed E-state index contributed by atoms with van der Waals surface area (Å²) < 4.78 is 16.0. The van der Waals surface area contributed by atoms with Gasteiger partial charge < -0.3 is 24.4 Å². The van der Waals surface area contributed by atoms with Gasteiger partial charge in [0.1, 0.15) is 5.75 Å². The van der Waals surface area contributed by atoms with Gasteiger partial charge in [-0.2, -0.15) is 0 Å². The Morgan fingerprint density at radius 1 is 1.16 bits per heavy atom. The number of likely N-dealkylation sites (N-methyl/N-ethyl adjacent to an activating group) is 1. The Bertz CT molecular complexity index is 1040. The van der Waals surface area contributed by atoms with E-state index in [1.807, 2.05) is 0 Å². The topological polar surface area (TPSA) is 94.2 Å². The number of rotatable bonds is 8. The van der Waals surface area contributed by atoms with E-state index in [0.717, 1.165) is 0 Å². The molecule has 2 amide bonds. The van der Waals surface area contributed by atoms with Crippen LogP contribution in [0.3, 0.4) is 0 Å². The molecular weight excluding hydrogens is 432 g/mol. The molecule has 0 bridgehead atoms. The number of thioether (sulfide) groups is 1. The maximum absolute atomic E-state index is 12.9. The van der Waals surface area contributed by atoms with E-state index in [2.05, 4.69) is 5.32 Å². The highest BCUT2D eigenvalue weighted by molar-refractivity contribution is 8.01. The monoisotopic (exact) mass is 458 g/mol. The van der Waals surface area contributed by atoms with Gasteiger partial charge in [0.15, 0.2) is 23.4 Å². The van der Waals surface area contributed by atoms with Crippen LogP contribution >= 0.6 is 11.8 Å². The molecule has 0 saturated heterocycles. The molecule has 2 aromatic rings. The molecule has 9 heteroatoms. The lowest BCUT2D eigenvalue weighted by Crippen LogP contribution is -2.42. The SMILES string of the molecule is COc1ccc(NC(=O)CSC(C)C(=O)c2ccc3c(c2)N(C)C(=O)C(C)O3)cc1OC. The van der Waals surface area contributed by atoms with E-state index < -0.39 is 11.4 Å². The molecule has 0 aliphatic carbocycles. The molecule has 1 aliphatic rings. The first kappa shape index (κ1) is 23.5. The van der Waals surface area contributed by atoms with Crippen LogP contribution in [-0.4, -0.2) is 56.0 Å². The third-order valence-corrected chi connectivity index (χ3v) is 6.23. The highest BCUT2D eigenvalue weighted by Crippen LogP contribution is 2.35. The molecule has 32 heavy (non-hydrogen) atoms. The minimum absolute atomic E-state index is 0.102. The van der Waals surface area contributed by atoms with Gasteiger partial charge in [-0.1, -0.05) is 0 Å². The van der Waals surface area contributed by atoms with E-state index in [9.17, 15) is 14.4 Å². The Labute approximate surface area is 191 Å². The van der Waals surface area contributed by atoms with Crippen LogP contribution in [0.5, 0.6) is 17.2 Å². The summed E-state index contributed by atoms with van der Waals surface area (Å²) in [6.07, 6.45) is -0.562. The Morgan fingerprint density at radius 2 is 1.88 bits per heavy atom. The number of hydrogen-bond donors (Lipinski definition) is 1. The lowest BCUT2D eigenvalue weighted by Gasteiger charge is -2.30. The molecule has 0 fully saturated rings. The maximum atomic E-state index is 12.9. The predicted molar refractivity (Wildman–Crippen MR) is 124 cm³/mol. The van der Waals surface area contributed by atoms with Crippen LogP contribution in [0, 0.1) is 0 Å². The first-order valence-corrected chi connectivity index (χ1v) is 11.1. The minimum atomic E-state index is -0.562. The summed E-state index contributed by atoms with van der Waals surface area (Å²) in [4.78, 5) is 38.9. The summed E-state index contributed by atoms with van der Waals surface area (Å²) in [5, 5.41) is 2.34. The summed E-state index contributed by atoms with van der Waals surface area (Å²) in [5.41, 5.74) is 1.59. The molecular formula is C23H26N2O6S. The molecule has 0 aromatic heterocycles. The Morgan fingerprint density at radius 3 is 2.56 bits per heavy atom. The molecule has 0 saturated carbocycles. The molecule has 2 unspecified atom stereocenters. The first-order valence-electron chi connectivity index (χ1n) is 10.0. The number of nitrogens with one attached hydrogen (secondary N) is 1. The summed E-state index contributed by atoms with van der Waals surface area (Å²) in [5.74, 6) is 1.20. The Hall–Kier alpha value is -3.20.